The second-order valence-corrected chi connectivity index (χ2v) is 7.21. The quantitative estimate of drug-likeness (QED) is 0.255. The number of aromatic nitrogens is 2. The summed E-state index contributed by atoms with van der Waals surface area (Å²) in [6.45, 7) is 2.15. The van der Waals surface area contributed by atoms with Crippen molar-refractivity contribution < 1.29 is 4.74 Å². The first-order valence-corrected chi connectivity index (χ1v) is 10.4. The van der Waals surface area contributed by atoms with Crippen LogP contribution in [0.5, 0.6) is 5.88 Å². The fourth-order valence-corrected chi connectivity index (χ4v) is 3.89. The maximum atomic E-state index is 5.78. The van der Waals surface area contributed by atoms with Crippen LogP contribution in [0.1, 0.15) is 36.5 Å². The van der Waals surface area contributed by atoms with Gasteiger partial charge in [0.05, 0.1) is 12.5 Å². The van der Waals surface area contributed by atoms with E-state index in [9.17, 15) is 0 Å². The van der Waals surface area contributed by atoms with Gasteiger partial charge in [0.1, 0.15) is 11.9 Å². The summed E-state index contributed by atoms with van der Waals surface area (Å²) in [6, 6.07) is 31.6. The molecule has 30 heavy (non-hydrogen) atoms. The third-order valence-electron chi connectivity index (χ3n) is 5.26. The molecule has 0 atom stereocenters. The molecule has 0 fully saturated rings. The zero-order chi connectivity index (χ0) is 20.7. The summed E-state index contributed by atoms with van der Waals surface area (Å²) in [5, 5.41) is 0. The van der Waals surface area contributed by atoms with Crippen molar-refractivity contribution in [1.82, 2.24) is 9.55 Å². The SMILES string of the molecule is CCCC=COc1cn(C(c2ccccc2)(c2ccccc2)c2ccccc2)cn1. The molecule has 0 N–H and O–H groups in total. The van der Waals surface area contributed by atoms with Crippen molar-refractivity contribution in [3.63, 3.8) is 0 Å². The zero-order valence-electron chi connectivity index (χ0n) is 17.2. The van der Waals surface area contributed by atoms with E-state index in [0.29, 0.717) is 5.88 Å². The minimum atomic E-state index is -0.564. The Morgan fingerprint density at radius 2 is 1.30 bits per heavy atom. The molecule has 0 unspecified atom stereocenters. The first-order chi connectivity index (χ1) is 14.9. The molecular weight excluding hydrogens is 368 g/mol. The Labute approximate surface area is 178 Å². The minimum absolute atomic E-state index is 0.564. The van der Waals surface area contributed by atoms with Crippen LogP contribution in [0.25, 0.3) is 0 Å². The van der Waals surface area contributed by atoms with E-state index in [1.54, 1.807) is 6.26 Å². The maximum absolute atomic E-state index is 5.78. The summed E-state index contributed by atoms with van der Waals surface area (Å²) in [5.41, 5.74) is 2.92. The highest BCUT2D eigenvalue weighted by Crippen LogP contribution is 2.41. The molecule has 0 aliphatic carbocycles. The number of unbranched alkanes of at least 4 members (excludes halogenated alkanes) is 1. The third-order valence-corrected chi connectivity index (χ3v) is 5.26. The van der Waals surface area contributed by atoms with E-state index in [0.717, 1.165) is 29.5 Å². The van der Waals surface area contributed by atoms with Crippen LogP contribution < -0.4 is 4.74 Å². The van der Waals surface area contributed by atoms with E-state index in [2.05, 4.69) is 89.3 Å². The Hall–Kier alpha value is -3.59. The lowest BCUT2D eigenvalue weighted by atomic mass is 9.77. The summed E-state index contributed by atoms with van der Waals surface area (Å²) < 4.78 is 7.93. The fourth-order valence-electron chi connectivity index (χ4n) is 3.89. The molecule has 3 heteroatoms. The number of hydrogen-bond donors (Lipinski definition) is 0. The molecule has 0 bridgehead atoms. The van der Waals surface area contributed by atoms with Crippen molar-refractivity contribution in [1.29, 1.82) is 0 Å². The van der Waals surface area contributed by atoms with E-state index in [-0.39, 0.29) is 0 Å². The van der Waals surface area contributed by atoms with Crippen molar-refractivity contribution in [2.24, 2.45) is 0 Å². The van der Waals surface area contributed by atoms with Gasteiger partial charge in [0, 0.05) is 0 Å². The number of ether oxygens (including phenoxy) is 1. The molecule has 150 valence electrons. The van der Waals surface area contributed by atoms with Gasteiger partial charge in [-0.15, -0.1) is 0 Å². The second-order valence-electron chi connectivity index (χ2n) is 7.21. The van der Waals surface area contributed by atoms with Crippen LogP contribution in [0, 0.1) is 0 Å². The topological polar surface area (TPSA) is 27.1 Å². The monoisotopic (exact) mass is 394 g/mol. The molecular formula is C27H26N2O. The Morgan fingerprint density at radius 1 is 0.800 bits per heavy atom. The Balaban J connectivity index is 1.91. The molecule has 4 rings (SSSR count). The van der Waals surface area contributed by atoms with E-state index >= 15 is 0 Å². The van der Waals surface area contributed by atoms with Gasteiger partial charge < -0.3 is 9.30 Å². The molecule has 1 heterocycles. The number of imidazole rings is 1. The van der Waals surface area contributed by atoms with Gasteiger partial charge in [-0.1, -0.05) is 104 Å². The molecule has 0 aliphatic rings. The minimum Gasteiger partial charge on any atom is -0.446 e. The van der Waals surface area contributed by atoms with Crippen LogP contribution in [0.2, 0.25) is 0 Å². The molecule has 1 aromatic heterocycles. The van der Waals surface area contributed by atoms with E-state index in [1.165, 1.54) is 0 Å². The molecule has 0 aliphatic heterocycles. The van der Waals surface area contributed by atoms with Crippen molar-refractivity contribution in [3.8, 4) is 5.88 Å². The van der Waals surface area contributed by atoms with Gasteiger partial charge in [0.25, 0.3) is 0 Å². The summed E-state index contributed by atoms with van der Waals surface area (Å²) in [4.78, 5) is 4.55. The van der Waals surface area contributed by atoms with Crippen molar-refractivity contribution in [3.05, 3.63) is 133 Å². The van der Waals surface area contributed by atoms with Crippen LogP contribution in [0.3, 0.4) is 0 Å². The third kappa shape index (κ3) is 3.79. The van der Waals surface area contributed by atoms with Crippen molar-refractivity contribution in [2.45, 2.75) is 25.3 Å². The standard InChI is InChI=1S/C27H26N2O/c1-2-3-13-20-30-26-21-29(22-28-26)27(23-14-7-4-8-15-23,24-16-9-5-10-17-24)25-18-11-6-12-19-25/h4-22H,2-3H2,1H3. The van der Waals surface area contributed by atoms with E-state index < -0.39 is 5.54 Å². The van der Waals surface area contributed by atoms with Crippen molar-refractivity contribution in [2.75, 3.05) is 0 Å². The number of benzene rings is 3. The van der Waals surface area contributed by atoms with Crippen LogP contribution in [0.15, 0.2) is 116 Å². The molecule has 0 spiro atoms. The predicted octanol–water partition coefficient (Wildman–Crippen LogP) is 6.42. The average molecular weight is 395 g/mol. The second kappa shape index (κ2) is 9.27. The first-order valence-electron chi connectivity index (χ1n) is 10.4. The fraction of sp³-hybridized carbons (Fsp3) is 0.148. The lowest BCUT2D eigenvalue weighted by molar-refractivity contribution is 0.456. The predicted molar refractivity (Wildman–Crippen MR) is 122 cm³/mol. The Morgan fingerprint density at radius 3 is 1.77 bits per heavy atom. The van der Waals surface area contributed by atoms with Gasteiger partial charge in [0.2, 0.25) is 5.88 Å². The van der Waals surface area contributed by atoms with Gasteiger partial charge in [-0.3, -0.25) is 0 Å². The van der Waals surface area contributed by atoms with Gasteiger partial charge in [-0.2, -0.15) is 0 Å². The van der Waals surface area contributed by atoms with E-state index in [4.69, 9.17) is 4.74 Å². The van der Waals surface area contributed by atoms with Gasteiger partial charge >= 0.3 is 0 Å². The molecule has 0 saturated carbocycles. The van der Waals surface area contributed by atoms with Gasteiger partial charge in [0.15, 0.2) is 0 Å². The molecule has 3 aromatic carbocycles. The largest absolute Gasteiger partial charge is 0.446 e. The summed E-state index contributed by atoms with van der Waals surface area (Å²) >= 11 is 0. The van der Waals surface area contributed by atoms with Crippen LogP contribution >= 0.6 is 0 Å². The number of rotatable bonds is 8. The highest BCUT2D eigenvalue weighted by molar-refractivity contribution is 5.50. The van der Waals surface area contributed by atoms with Crippen LogP contribution in [-0.4, -0.2) is 9.55 Å². The molecule has 0 saturated heterocycles. The molecule has 0 amide bonds. The summed E-state index contributed by atoms with van der Waals surface area (Å²) in [5.74, 6) is 0.578. The highest BCUT2D eigenvalue weighted by Gasteiger charge is 2.38. The number of nitrogens with zero attached hydrogens (tertiary/aromatic N) is 2. The van der Waals surface area contributed by atoms with E-state index in [1.807, 2.05) is 36.8 Å². The lowest BCUT2D eigenvalue weighted by Gasteiger charge is -2.37. The van der Waals surface area contributed by atoms with Crippen LogP contribution in [-0.2, 0) is 5.54 Å². The lowest BCUT2D eigenvalue weighted by Crippen LogP contribution is -2.36. The number of hydrogen-bond acceptors (Lipinski definition) is 2. The number of allylic oxidation sites excluding steroid dienone is 1. The Bertz CT molecular complexity index is 973. The highest BCUT2D eigenvalue weighted by atomic mass is 16.5. The van der Waals surface area contributed by atoms with Gasteiger partial charge in [-0.25, -0.2) is 4.98 Å². The zero-order valence-corrected chi connectivity index (χ0v) is 17.2. The molecule has 3 nitrogen and oxygen atoms in total. The summed E-state index contributed by atoms with van der Waals surface area (Å²) in [6.07, 6.45) is 9.67. The maximum Gasteiger partial charge on any atom is 0.236 e. The van der Waals surface area contributed by atoms with Gasteiger partial charge in [-0.05, 0) is 29.2 Å². The average Bonchev–Trinajstić information content (AvgIpc) is 3.29. The smallest absolute Gasteiger partial charge is 0.236 e. The first kappa shape index (κ1) is 19.7. The van der Waals surface area contributed by atoms with Crippen LogP contribution in [0.4, 0.5) is 0 Å². The Kier molecular flexibility index (Phi) is 6.09. The van der Waals surface area contributed by atoms with Crippen molar-refractivity contribution >= 4 is 0 Å². The summed E-state index contributed by atoms with van der Waals surface area (Å²) in [7, 11) is 0. The normalized spacial score (nSPS) is 11.6. The molecule has 0 radical (unpaired) electrons. The molecule has 4 aromatic rings.